The zero-order chi connectivity index (χ0) is 16.5. The van der Waals surface area contributed by atoms with E-state index in [1.54, 1.807) is 23.0 Å². The van der Waals surface area contributed by atoms with E-state index in [2.05, 4.69) is 25.4 Å². The summed E-state index contributed by atoms with van der Waals surface area (Å²) in [7, 11) is 0. The molecule has 0 spiro atoms. The topological polar surface area (TPSA) is 85.1 Å². The first-order valence-electron chi connectivity index (χ1n) is 7.18. The van der Waals surface area contributed by atoms with Crippen LogP contribution in [0.2, 0.25) is 0 Å². The van der Waals surface area contributed by atoms with E-state index in [4.69, 9.17) is 0 Å². The van der Waals surface area contributed by atoms with E-state index < -0.39 is 0 Å². The van der Waals surface area contributed by atoms with Gasteiger partial charge in [-0.3, -0.25) is 15.1 Å². The third-order valence-corrected chi connectivity index (χ3v) is 4.35. The molecule has 7 nitrogen and oxygen atoms in total. The maximum Gasteiger partial charge on any atom is 0.261 e. The summed E-state index contributed by atoms with van der Waals surface area (Å²) in [5.41, 5.74) is 3.61. The number of nitrogens with zero attached hydrogens (tertiary/aromatic N) is 5. The van der Waals surface area contributed by atoms with Crippen LogP contribution >= 0.6 is 11.3 Å². The minimum absolute atomic E-state index is 0.266. The predicted octanol–water partition coefficient (Wildman–Crippen LogP) is 2.81. The number of hydrogen-bond acceptors (Lipinski definition) is 6. The number of rotatable bonds is 3. The van der Waals surface area contributed by atoms with E-state index in [0.29, 0.717) is 16.3 Å². The van der Waals surface area contributed by atoms with Gasteiger partial charge in [-0.1, -0.05) is 0 Å². The number of carbonyl (C=O) groups is 1. The minimum Gasteiger partial charge on any atom is -0.298 e. The molecule has 118 valence electrons. The Morgan fingerprint density at radius 1 is 1.25 bits per heavy atom. The molecular formula is C16H12N6OS. The van der Waals surface area contributed by atoms with Crippen molar-refractivity contribution in [1.82, 2.24) is 24.6 Å². The molecule has 4 heterocycles. The van der Waals surface area contributed by atoms with E-state index in [0.717, 1.165) is 16.8 Å². The molecule has 1 N–H and O–H groups in total. The number of aryl methyl sites for hydroxylation is 1. The van der Waals surface area contributed by atoms with Crippen molar-refractivity contribution in [2.45, 2.75) is 6.92 Å². The summed E-state index contributed by atoms with van der Waals surface area (Å²) in [4.78, 5) is 25.1. The maximum absolute atomic E-state index is 12.7. The largest absolute Gasteiger partial charge is 0.298 e. The molecule has 0 aromatic carbocycles. The molecule has 4 aromatic rings. The van der Waals surface area contributed by atoms with Crippen molar-refractivity contribution in [1.29, 1.82) is 0 Å². The van der Waals surface area contributed by atoms with Gasteiger partial charge in [0.05, 0.1) is 11.3 Å². The fraction of sp³-hybridized carbons (Fsp3) is 0.0625. The molecule has 1 amide bonds. The van der Waals surface area contributed by atoms with Gasteiger partial charge in [-0.2, -0.15) is 5.10 Å². The predicted molar refractivity (Wildman–Crippen MR) is 91.0 cm³/mol. The van der Waals surface area contributed by atoms with Crippen LogP contribution in [0.25, 0.3) is 16.8 Å². The normalized spacial score (nSPS) is 10.9. The number of aromatic nitrogens is 5. The number of hydrogen-bond donors (Lipinski definition) is 1. The Labute approximate surface area is 141 Å². The second kappa shape index (κ2) is 5.82. The summed E-state index contributed by atoms with van der Waals surface area (Å²) in [6.07, 6.45) is 6.68. The molecule has 24 heavy (non-hydrogen) atoms. The highest BCUT2D eigenvalue weighted by molar-refractivity contribution is 7.13. The Morgan fingerprint density at radius 3 is 2.83 bits per heavy atom. The van der Waals surface area contributed by atoms with Crippen molar-refractivity contribution in [3.63, 3.8) is 0 Å². The first kappa shape index (κ1) is 14.5. The molecule has 0 fully saturated rings. The van der Waals surface area contributed by atoms with Crippen LogP contribution in [0.15, 0.2) is 48.5 Å². The van der Waals surface area contributed by atoms with E-state index >= 15 is 0 Å². The molecule has 0 aliphatic heterocycles. The van der Waals surface area contributed by atoms with Gasteiger partial charge in [-0.05, 0) is 30.7 Å². The van der Waals surface area contributed by atoms with Crippen LogP contribution in [-0.4, -0.2) is 30.5 Å². The summed E-state index contributed by atoms with van der Waals surface area (Å²) in [5, 5.41) is 9.41. The zero-order valence-electron chi connectivity index (χ0n) is 12.7. The minimum atomic E-state index is -0.266. The van der Waals surface area contributed by atoms with Gasteiger partial charge in [-0.15, -0.1) is 11.3 Å². The molecule has 0 unspecified atom stereocenters. The maximum atomic E-state index is 12.7. The number of anilines is 1. The van der Waals surface area contributed by atoms with E-state index in [1.807, 2.05) is 30.6 Å². The molecule has 0 bridgehead atoms. The number of pyridine rings is 2. The number of amides is 1. The lowest BCUT2D eigenvalue weighted by molar-refractivity contribution is 0.102. The molecule has 4 aromatic heterocycles. The standard InChI is InChI=1S/C16H12N6OS/c1-10-8-24-16(20-10)21-15(23)13-6-12(11-2-4-17-5-3-11)7-22-14(13)18-9-19-22/h2-9H,1H3,(H,20,21,23). The molecular weight excluding hydrogens is 324 g/mol. The van der Waals surface area contributed by atoms with Gasteiger partial charge < -0.3 is 0 Å². The third kappa shape index (κ3) is 2.63. The van der Waals surface area contributed by atoms with Crippen molar-refractivity contribution < 1.29 is 4.79 Å². The van der Waals surface area contributed by atoms with Crippen LogP contribution in [0.4, 0.5) is 5.13 Å². The highest BCUT2D eigenvalue weighted by Gasteiger charge is 2.16. The van der Waals surface area contributed by atoms with Crippen molar-refractivity contribution in [3.05, 3.63) is 59.8 Å². The molecule has 0 radical (unpaired) electrons. The molecule has 0 atom stereocenters. The van der Waals surface area contributed by atoms with Crippen molar-refractivity contribution in [3.8, 4) is 11.1 Å². The van der Waals surface area contributed by atoms with Crippen LogP contribution < -0.4 is 5.32 Å². The van der Waals surface area contributed by atoms with Gasteiger partial charge in [0.2, 0.25) is 0 Å². The van der Waals surface area contributed by atoms with Crippen LogP contribution in [0.3, 0.4) is 0 Å². The molecule has 0 saturated carbocycles. The summed E-state index contributed by atoms with van der Waals surface area (Å²) < 4.78 is 1.60. The molecule has 8 heteroatoms. The summed E-state index contributed by atoms with van der Waals surface area (Å²) >= 11 is 1.39. The zero-order valence-corrected chi connectivity index (χ0v) is 13.5. The van der Waals surface area contributed by atoms with Crippen molar-refractivity contribution in [2.75, 3.05) is 5.32 Å². The molecule has 0 aliphatic carbocycles. The molecule has 0 saturated heterocycles. The summed E-state index contributed by atoms with van der Waals surface area (Å²) in [5.74, 6) is -0.266. The van der Waals surface area contributed by atoms with Crippen molar-refractivity contribution >= 4 is 28.0 Å². The fourth-order valence-corrected chi connectivity index (χ4v) is 3.05. The Kier molecular flexibility index (Phi) is 3.51. The van der Waals surface area contributed by atoms with Crippen LogP contribution in [0.1, 0.15) is 16.1 Å². The van der Waals surface area contributed by atoms with Crippen LogP contribution in [-0.2, 0) is 0 Å². The van der Waals surface area contributed by atoms with Crippen LogP contribution in [0.5, 0.6) is 0 Å². The summed E-state index contributed by atoms with van der Waals surface area (Å²) in [6, 6.07) is 5.56. The molecule has 0 aliphatic rings. The number of carbonyl (C=O) groups excluding carboxylic acids is 1. The van der Waals surface area contributed by atoms with Gasteiger partial charge in [0, 0.05) is 29.5 Å². The third-order valence-electron chi connectivity index (χ3n) is 3.47. The average Bonchev–Trinajstić information content (AvgIpc) is 3.23. The fourth-order valence-electron chi connectivity index (χ4n) is 2.37. The Hall–Kier alpha value is -3.13. The Balaban J connectivity index is 1.78. The lowest BCUT2D eigenvalue weighted by Gasteiger charge is -2.07. The Morgan fingerprint density at radius 2 is 2.08 bits per heavy atom. The van der Waals surface area contributed by atoms with Crippen molar-refractivity contribution in [2.24, 2.45) is 0 Å². The number of thiazole rings is 1. The van der Waals surface area contributed by atoms with Crippen LogP contribution in [0, 0.1) is 6.92 Å². The van der Waals surface area contributed by atoms with E-state index in [9.17, 15) is 4.79 Å². The van der Waals surface area contributed by atoms with Gasteiger partial charge in [0.15, 0.2) is 10.8 Å². The first-order valence-corrected chi connectivity index (χ1v) is 8.06. The quantitative estimate of drug-likeness (QED) is 0.622. The van der Waals surface area contributed by atoms with E-state index in [1.165, 1.54) is 17.7 Å². The van der Waals surface area contributed by atoms with Gasteiger partial charge in [-0.25, -0.2) is 14.5 Å². The SMILES string of the molecule is Cc1csc(NC(=O)c2cc(-c3ccncc3)cn3ncnc23)n1. The van der Waals surface area contributed by atoms with Gasteiger partial charge in [0.25, 0.3) is 5.91 Å². The smallest absolute Gasteiger partial charge is 0.261 e. The number of fused-ring (bicyclic) bond motifs is 1. The highest BCUT2D eigenvalue weighted by atomic mass is 32.1. The molecule has 4 rings (SSSR count). The lowest BCUT2D eigenvalue weighted by Crippen LogP contribution is -2.14. The first-order chi connectivity index (χ1) is 11.7. The average molecular weight is 336 g/mol. The second-order valence-electron chi connectivity index (χ2n) is 5.15. The number of nitrogens with one attached hydrogen (secondary N) is 1. The van der Waals surface area contributed by atoms with Gasteiger partial charge >= 0.3 is 0 Å². The summed E-state index contributed by atoms with van der Waals surface area (Å²) in [6.45, 7) is 1.88. The lowest BCUT2D eigenvalue weighted by atomic mass is 10.1. The monoisotopic (exact) mass is 336 g/mol. The second-order valence-corrected chi connectivity index (χ2v) is 6.01. The van der Waals surface area contributed by atoms with E-state index in [-0.39, 0.29) is 5.91 Å². The van der Waals surface area contributed by atoms with Gasteiger partial charge in [0.1, 0.15) is 6.33 Å². The Bertz CT molecular complexity index is 1020. The highest BCUT2D eigenvalue weighted by Crippen LogP contribution is 2.23.